The van der Waals surface area contributed by atoms with Crippen molar-refractivity contribution in [2.75, 3.05) is 46.2 Å². The van der Waals surface area contributed by atoms with Crippen LogP contribution in [0, 0.1) is 0 Å². The van der Waals surface area contributed by atoms with Crippen molar-refractivity contribution in [3.05, 3.63) is 30.3 Å². The van der Waals surface area contributed by atoms with E-state index in [0.29, 0.717) is 0 Å². The Hall–Kier alpha value is -0.290. The lowest BCUT2D eigenvalue weighted by atomic mass is 10.3. The number of hydrogen-bond acceptors (Lipinski definition) is 1. The Balaban J connectivity index is 0.00000196. The first-order chi connectivity index (χ1) is 6.49. The molecule has 0 bridgehead atoms. The number of likely N-dealkylation sites (N-methyl/N-ethyl adjacent to an activating group) is 2. The molecule has 0 saturated carbocycles. The number of benzene rings is 1. The van der Waals surface area contributed by atoms with Gasteiger partial charge in [-0.05, 0) is 12.1 Å². The van der Waals surface area contributed by atoms with Gasteiger partial charge in [-0.3, -0.25) is 0 Å². The lowest BCUT2D eigenvalue weighted by molar-refractivity contribution is -0.868. The first-order valence-corrected chi connectivity index (χ1v) is 5.06. The predicted molar refractivity (Wildman–Crippen MR) is 62.6 cm³/mol. The van der Waals surface area contributed by atoms with Crippen molar-refractivity contribution >= 4 is 5.69 Å². The van der Waals surface area contributed by atoms with Gasteiger partial charge in [0.25, 0.3) is 0 Å². The Morgan fingerprint density at radius 3 is 2.07 bits per heavy atom. The van der Waals surface area contributed by atoms with E-state index in [-0.39, 0.29) is 24.0 Å². The van der Waals surface area contributed by atoms with Gasteiger partial charge in [0.2, 0.25) is 0 Å². The van der Waals surface area contributed by atoms with Crippen molar-refractivity contribution in [3.8, 4) is 0 Å². The van der Waals surface area contributed by atoms with Crippen LogP contribution < -0.4 is 28.9 Å². The SMILES string of the molecule is CN(CC[N+](C)(C)C)c1ccccc1.[I-]. The molecule has 3 heteroatoms. The number of hydrogen-bond donors (Lipinski definition) is 0. The number of rotatable bonds is 4. The van der Waals surface area contributed by atoms with Gasteiger partial charge in [0.05, 0.1) is 34.2 Å². The van der Waals surface area contributed by atoms with Gasteiger partial charge in [0, 0.05) is 12.7 Å². The second-order valence-corrected chi connectivity index (χ2v) is 4.77. The maximum Gasteiger partial charge on any atom is 0.0958 e. The molecule has 0 amide bonds. The lowest BCUT2D eigenvalue weighted by Crippen LogP contribution is -3.00. The Morgan fingerprint density at radius 1 is 1.07 bits per heavy atom. The van der Waals surface area contributed by atoms with E-state index in [4.69, 9.17) is 0 Å². The summed E-state index contributed by atoms with van der Waals surface area (Å²) < 4.78 is 1.01. The number of anilines is 1. The second-order valence-electron chi connectivity index (χ2n) is 4.77. The van der Waals surface area contributed by atoms with Crippen LogP contribution in [-0.4, -0.2) is 45.8 Å². The summed E-state index contributed by atoms with van der Waals surface area (Å²) in [6.07, 6.45) is 0. The Kier molecular flexibility index (Phi) is 6.20. The normalized spacial score (nSPS) is 10.7. The summed E-state index contributed by atoms with van der Waals surface area (Å²) in [5.74, 6) is 0. The molecule has 0 aliphatic heterocycles. The van der Waals surface area contributed by atoms with Crippen LogP contribution in [-0.2, 0) is 0 Å². The van der Waals surface area contributed by atoms with E-state index >= 15 is 0 Å². The average Bonchev–Trinajstić information content (AvgIpc) is 2.14. The maximum absolute atomic E-state index is 2.30. The molecular formula is C12H21IN2. The van der Waals surface area contributed by atoms with E-state index in [2.05, 4.69) is 63.4 Å². The van der Waals surface area contributed by atoms with Gasteiger partial charge in [-0.15, -0.1) is 0 Å². The van der Waals surface area contributed by atoms with Crippen molar-refractivity contribution < 1.29 is 28.5 Å². The number of para-hydroxylation sites is 1. The third-order valence-electron chi connectivity index (χ3n) is 2.30. The molecule has 15 heavy (non-hydrogen) atoms. The van der Waals surface area contributed by atoms with Gasteiger partial charge in [-0.25, -0.2) is 0 Å². The molecule has 0 saturated heterocycles. The molecule has 0 aliphatic carbocycles. The minimum Gasteiger partial charge on any atom is -1.00 e. The fraction of sp³-hybridized carbons (Fsp3) is 0.500. The zero-order chi connectivity index (χ0) is 10.6. The Bertz CT molecular complexity index is 267. The van der Waals surface area contributed by atoms with E-state index in [1.165, 1.54) is 5.69 Å². The van der Waals surface area contributed by atoms with Crippen LogP contribution in [0.5, 0.6) is 0 Å². The van der Waals surface area contributed by atoms with Crippen molar-refractivity contribution in [2.24, 2.45) is 0 Å². The fourth-order valence-electron chi connectivity index (χ4n) is 1.26. The van der Waals surface area contributed by atoms with E-state index in [1.54, 1.807) is 0 Å². The molecule has 0 unspecified atom stereocenters. The highest BCUT2D eigenvalue weighted by Crippen LogP contribution is 2.10. The van der Waals surface area contributed by atoms with E-state index in [0.717, 1.165) is 17.6 Å². The summed E-state index contributed by atoms with van der Waals surface area (Å²) in [5.41, 5.74) is 1.29. The van der Waals surface area contributed by atoms with E-state index in [9.17, 15) is 0 Å². The van der Waals surface area contributed by atoms with Crippen LogP contribution in [0.25, 0.3) is 0 Å². The molecule has 0 spiro atoms. The standard InChI is InChI=1S/C12H21N2.HI/c1-13(10-11-14(2,3)4)12-8-6-5-7-9-12;/h5-9H,10-11H2,1-4H3;1H/q+1;/p-1. The molecule has 0 N–H and O–H groups in total. The Morgan fingerprint density at radius 2 is 1.60 bits per heavy atom. The first-order valence-electron chi connectivity index (χ1n) is 5.06. The van der Waals surface area contributed by atoms with Gasteiger partial charge in [0.15, 0.2) is 0 Å². The third kappa shape index (κ3) is 5.99. The number of halogens is 1. The predicted octanol–water partition coefficient (Wildman–Crippen LogP) is -1.17. The Labute approximate surface area is 110 Å². The topological polar surface area (TPSA) is 3.24 Å². The van der Waals surface area contributed by atoms with Crippen molar-refractivity contribution in [1.29, 1.82) is 0 Å². The zero-order valence-corrected chi connectivity index (χ0v) is 12.2. The van der Waals surface area contributed by atoms with Crippen molar-refractivity contribution in [3.63, 3.8) is 0 Å². The molecule has 86 valence electrons. The van der Waals surface area contributed by atoms with Gasteiger partial charge in [-0.2, -0.15) is 0 Å². The molecule has 0 heterocycles. The highest BCUT2D eigenvalue weighted by Gasteiger charge is 2.08. The summed E-state index contributed by atoms with van der Waals surface area (Å²) in [6, 6.07) is 10.5. The molecule has 0 fully saturated rings. The number of nitrogens with zero attached hydrogens (tertiary/aromatic N) is 2. The van der Waals surface area contributed by atoms with Gasteiger partial charge in [0.1, 0.15) is 0 Å². The quantitative estimate of drug-likeness (QED) is 0.499. The summed E-state index contributed by atoms with van der Waals surface area (Å²) in [5, 5.41) is 0. The smallest absolute Gasteiger partial charge is 0.0958 e. The molecule has 1 aromatic rings. The molecule has 1 aromatic carbocycles. The minimum atomic E-state index is 0. The van der Waals surface area contributed by atoms with Gasteiger partial charge < -0.3 is 33.4 Å². The van der Waals surface area contributed by atoms with Crippen molar-refractivity contribution in [2.45, 2.75) is 0 Å². The van der Waals surface area contributed by atoms with Crippen LogP contribution in [0.15, 0.2) is 30.3 Å². The van der Waals surface area contributed by atoms with Crippen LogP contribution in [0.3, 0.4) is 0 Å². The highest BCUT2D eigenvalue weighted by atomic mass is 127. The van der Waals surface area contributed by atoms with Crippen LogP contribution in [0.1, 0.15) is 0 Å². The molecular weight excluding hydrogens is 299 g/mol. The zero-order valence-electron chi connectivity index (χ0n) is 10.1. The first kappa shape index (κ1) is 14.7. The summed E-state index contributed by atoms with van der Waals surface area (Å²) >= 11 is 0. The number of quaternary nitrogens is 1. The molecule has 0 radical (unpaired) electrons. The van der Waals surface area contributed by atoms with Crippen molar-refractivity contribution in [1.82, 2.24) is 0 Å². The average molecular weight is 320 g/mol. The summed E-state index contributed by atoms with van der Waals surface area (Å²) in [6.45, 7) is 2.25. The largest absolute Gasteiger partial charge is 1.00 e. The highest BCUT2D eigenvalue weighted by molar-refractivity contribution is 5.44. The lowest BCUT2D eigenvalue weighted by Gasteiger charge is -2.27. The van der Waals surface area contributed by atoms with Gasteiger partial charge >= 0.3 is 0 Å². The van der Waals surface area contributed by atoms with E-state index < -0.39 is 0 Å². The monoisotopic (exact) mass is 320 g/mol. The van der Waals surface area contributed by atoms with Gasteiger partial charge in [-0.1, -0.05) is 18.2 Å². The van der Waals surface area contributed by atoms with Crippen LogP contribution >= 0.6 is 0 Å². The summed E-state index contributed by atoms with van der Waals surface area (Å²) in [4.78, 5) is 2.30. The summed E-state index contributed by atoms with van der Waals surface area (Å²) in [7, 11) is 8.81. The molecule has 0 aromatic heterocycles. The van der Waals surface area contributed by atoms with Crippen LogP contribution in [0.2, 0.25) is 0 Å². The second kappa shape index (κ2) is 6.33. The molecule has 0 aliphatic rings. The minimum absolute atomic E-state index is 0. The van der Waals surface area contributed by atoms with Crippen LogP contribution in [0.4, 0.5) is 5.69 Å². The molecule has 1 rings (SSSR count). The fourth-order valence-corrected chi connectivity index (χ4v) is 1.26. The third-order valence-corrected chi connectivity index (χ3v) is 2.30. The maximum atomic E-state index is 2.30. The van der Waals surface area contributed by atoms with E-state index in [1.807, 2.05) is 0 Å². The molecule has 2 nitrogen and oxygen atoms in total. The molecule has 0 atom stereocenters.